The van der Waals surface area contributed by atoms with Gasteiger partial charge < -0.3 is 15.8 Å². The molecule has 1 fully saturated rings. The molecule has 112 valence electrons. The van der Waals surface area contributed by atoms with Crippen molar-refractivity contribution >= 4 is 5.91 Å². The van der Waals surface area contributed by atoms with Gasteiger partial charge in [-0.3, -0.25) is 4.79 Å². The number of nitrogens with two attached hydrogens (primary N) is 1. The van der Waals surface area contributed by atoms with E-state index in [4.69, 9.17) is 10.5 Å². The van der Waals surface area contributed by atoms with Crippen LogP contribution in [0.3, 0.4) is 0 Å². The average molecular weight is 270 g/mol. The lowest BCUT2D eigenvalue weighted by atomic mass is 9.85. The molecular weight excluding hydrogens is 240 g/mol. The van der Waals surface area contributed by atoms with E-state index in [-0.39, 0.29) is 29.4 Å². The lowest BCUT2D eigenvalue weighted by Crippen LogP contribution is -2.50. The molecule has 0 radical (unpaired) electrons. The highest BCUT2D eigenvalue weighted by Crippen LogP contribution is 2.31. The highest BCUT2D eigenvalue weighted by atomic mass is 16.5. The van der Waals surface area contributed by atoms with Gasteiger partial charge in [-0.1, -0.05) is 27.7 Å². The lowest BCUT2D eigenvalue weighted by Gasteiger charge is -2.40. The van der Waals surface area contributed by atoms with Gasteiger partial charge in [0.05, 0.1) is 11.5 Å². The Morgan fingerprint density at radius 3 is 2.53 bits per heavy atom. The maximum absolute atomic E-state index is 12.2. The van der Waals surface area contributed by atoms with Crippen LogP contribution >= 0.6 is 0 Å². The molecule has 1 rings (SSSR count). The van der Waals surface area contributed by atoms with Crippen molar-refractivity contribution in [1.82, 2.24) is 5.32 Å². The highest BCUT2D eigenvalue weighted by molar-refractivity contribution is 5.79. The van der Waals surface area contributed by atoms with Crippen LogP contribution in [0, 0.1) is 11.8 Å². The number of carbonyl (C=O) groups is 1. The summed E-state index contributed by atoms with van der Waals surface area (Å²) in [6, 6.07) is 0.231. The van der Waals surface area contributed by atoms with Gasteiger partial charge in [-0.05, 0) is 31.6 Å². The van der Waals surface area contributed by atoms with Crippen molar-refractivity contribution in [2.24, 2.45) is 17.6 Å². The fourth-order valence-electron chi connectivity index (χ4n) is 2.88. The van der Waals surface area contributed by atoms with Crippen LogP contribution in [0.2, 0.25) is 0 Å². The van der Waals surface area contributed by atoms with Gasteiger partial charge in [0.25, 0.3) is 0 Å². The third-order valence-electron chi connectivity index (χ3n) is 4.52. The predicted octanol–water partition coefficient (Wildman–Crippen LogP) is 2.07. The highest BCUT2D eigenvalue weighted by Gasteiger charge is 2.35. The Morgan fingerprint density at radius 1 is 1.42 bits per heavy atom. The van der Waals surface area contributed by atoms with Crippen LogP contribution < -0.4 is 11.1 Å². The molecule has 1 amide bonds. The van der Waals surface area contributed by atoms with Crippen molar-refractivity contribution in [3.8, 4) is 0 Å². The third kappa shape index (κ3) is 4.18. The first-order valence-corrected chi connectivity index (χ1v) is 7.62. The second-order valence-electron chi connectivity index (χ2n) is 6.02. The Kier molecular flexibility index (Phi) is 6.27. The summed E-state index contributed by atoms with van der Waals surface area (Å²) in [5.74, 6) is 0.304. The Bertz CT molecular complexity index is 288. The molecule has 0 saturated carbocycles. The summed E-state index contributed by atoms with van der Waals surface area (Å²) in [4.78, 5) is 12.2. The van der Waals surface area contributed by atoms with Gasteiger partial charge in [0.1, 0.15) is 0 Å². The topological polar surface area (TPSA) is 64.4 Å². The number of hydrogen-bond donors (Lipinski definition) is 2. The van der Waals surface area contributed by atoms with E-state index in [1.54, 1.807) is 0 Å². The number of rotatable bonds is 6. The van der Waals surface area contributed by atoms with E-state index >= 15 is 0 Å². The van der Waals surface area contributed by atoms with Crippen molar-refractivity contribution in [1.29, 1.82) is 0 Å². The first kappa shape index (κ1) is 16.4. The minimum atomic E-state index is -0.0829. The monoisotopic (exact) mass is 270 g/mol. The summed E-state index contributed by atoms with van der Waals surface area (Å²) >= 11 is 0. The third-order valence-corrected chi connectivity index (χ3v) is 4.52. The number of amides is 1. The summed E-state index contributed by atoms with van der Waals surface area (Å²) in [5.41, 5.74) is 5.65. The first-order chi connectivity index (χ1) is 8.98. The minimum Gasteiger partial charge on any atom is -0.375 e. The van der Waals surface area contributed by atoms with E-state index in [2.05, 4.69) is 19.2 Å². The molecule has 1 heterocycles. The molecule has 2 unspecified atom stereocenters. The Hall–Kier alpha value is -0.610. The molecule has 0 aliphatic carbocycles. The molecule has 19 heavy (non-hydrogen) atoms. The maximum Gasteiger partial charge on any atom is 0.224 e. The van der Waals surface area contributed by atoms with Crippen molar-refractivity contribution < 1.29 is 9.53 Å². The molecule has 0 aromatic rings. The fourth-order valence-corrected chi connectivity index (χ4v) is 2.88. The van der Waals surface area contributed by atoms with E-state index in [0.717, 1.165) is 32.3 Å². The maximum atomic E-state index is 12.2. The van der Waals surface area contributed by atoms with Crippen LogP contribution in [0.15, 0.2) is 0 Å². The standard InChI is InChI=1S/C15H30N2O2/c1-5-15(6-2)9-12(7-8-19-15)17-14(18)13(10-16)11(3)4/h11-13H,5-10,16H2,1-4H3,(H,17,18). The molecule has 4 heteroatoms. The molecule has 1 aliphatic heterocycles. The van der Waals surface area contributed by atoms with Gasteiger partial charge in [-0.15, -0.1) is 0 Å². The van der Waals surface area contributed by atoms with Crippen LogP contribution in [0.4, 0.5) is 0 Å². The zero-order chi connectivity index (χ0) is 14.5. The van der Waals surface area contributed by atoms with Crippen LogP contribution in [0.5, 0.6) is 0 Å². The molecule has 1 aliphatic rings. The van der Waals surface area contributed by atoms with Gasteiger partial charge in [-0.25, -0.2) is 0 Å². The zero-order valence-corrected chi connectivity index (χ0v) is 12.9. The van der Waals surface area contributed by atoms with Crippen molar-refractivity contribution in [3.63, 3.8) is 0 Å². The second kappa shape index (κ2) is 7.25. The van der Waals surface area contributed by atoms with E-state index in [1.165, 1.54) is 0 Å². The molecule has 0 bridgehead atoms. The largest absolute Gasteiger partial charge is 0.375 e. The van der Waals surface area contributed by atoms with Gasteiger partial charge in [0.2, 0.25) is 5.91 Å². The summed E-state index contributed by atoms with van der Waals surface area (Å²) < 4.78 is 5.93. The van der Waals surface area contributed by atoms with Gasteiger partial charge in [0, 0.05) is 19.2 Å². The van der Waals surface area contributed by atoms with Crippen molar-refractivity contribution in [2.75, 3.05) is 13.2 Å². The van der Waals surface area contributed by atoms with Crippen LogP contribution in [-0.2, 0) is 9.53 Å². The van der Waals surface area contributed by atoms with E-state index in [1.807, 2.05) is 13.8 Å². The molecule has 3 N–H and O–H groups in total. The van der Waals surface area contributed by atoms with Crippen LogP contribution in [0.25, 0.3) is 0 Å². The number of hydrogen-bond acceptors (Lipinski definition) is 3. The van der Waals surface area contributed by atoms with Gasteiger partial charge in [0.15, 0.2) is 0 Å². The predicted molar refractivity (Wildman–Crippen MR) is 77.8 cm³/mol. The second-order valence-corrected chi connectivity index (χ2v) is 6.02. The summed E-state index contributed by atoms with van der Waals surface area (Å²) in [5, 5.41) is 3.18. The van der Waals surface area contributed by atoms with E-state index < -0.39 is 0 Å². The zero-order valence-electron chi connectivity index (χ0n) is 12.9. The minimum absolute atomic E-state index is 0.0494. The molecule has 4 nitrogen and oxygen atoms in total. The quantitative estimate of drug-likeness (QED) is 0.776. The average Bonchev–Trinajstić information content (AvgIpc) is 2.39. The fraction of sp³-hybridized carbons (Fsp3) is 0.933. The summed E-state index contributed by atoms with van der Waals surface area (Å²) in [6.07, 6.45) is 3.82. The summed E-state index contributed by atoms with van der Waals surface area (Å²) in [7, 11) is 0. The first-order valence-electron chi connectivity index (χ1n) is 7.62. The SMILES string of the molecule is CCC1(CC)CC(NC(=O)C(CN)C(C)C)CCO1. The Balaban J connectivity index is 2.59. The van der Waals surface area contributed by atoms with Crippen LogP contribution in [0.1, 0.15) is 53.4 Å². The Labute approximate surface area is 117 Å². The smallest absolute Gasteiger partial charge is 0.224 e. The van der Waals surface area contributed by atoms with Gasteiger partial charge in [-0.2, -0.15) is 0 Å². The molecule has 2 atom stereocenters. The molecular formula is C15H30N2O2. The number of nitrogens with one attached hydrogen (secondary N) is 1. The van der Waals surface area contributed by atoms with E-state index in [9.17, 15) is 4.79 Å². The summed E-state index contributed by atoms with van der Waals surface area (Å²) in [6.45, 7) is 9.56. The number of carbonyl (C=O) groups excluding carboxylic acids is 1. The van der Waals surface area contributed by atoms with Crippen molar-refractivity contribution in [3.05, 3.63) is 0 Å². The molecule has 1 saturated heterocycles. The van der Waals surface area contributed by atoms with Gasteiger partial charge >= 0.3 is 0 Å². The number of ether oxygens (including phenoxy) is 1. The van der Waals surface area contributed by atoms with Crippen molar-refractivity contribution in [2.45, 2.75) is 65.0 Å². The normalized spacial score (nSPS) is 24.2. The molecule has 0 aromatic carbocycles. The molecule has 0 spiro atoms. The van der Waals surface area contributed by atoms with Crippen LogP contribution in [-0.4, -0.2) is 30.7 Å². The Morgan fingerprint density at radius 2 is 2.05 bits per heavy atom. The molecule has 0 aromatic heterocycles. The lowest BCUT2D eigenvalue weighted by molar-refractivity contribution is -0.130. The van der Waals surface area contributed by atoms with E-state index in [0.29, 0.717) is 6.54 Å².